The number of aliphatic hydroxyl groups is 2. The molecule has 2 atom stereocenters. The summed E-state index contributed by atoms with van der Waals surface area (Å²) < 4.78 is 5.50. The number of allylic oxidation sites excluding steroid dienone is 2. The van der Waals surface area contributed by atoms with Gasteiger partial charge in [-0.2, -0.15) is 0 Å². The van der Waals surface area contributed by atoms with Gasteiger partial charge in [-0.25, -0.2) is 0 Å². The van der Waals surface area contributed by atoms with Gasteiger partial charge in [-0.1, -0.05) is 341 Å². The van der Waals surface area contributed by atoms with E-state index in [4.69, 9.17) is 4.74 Å². The number of hydrogen-bond donors (Lipinski definition) is 3. The summed E-state index contributed by atoms with van der Waals surface area (Å²) >= 11 is 0. The number of nitrogens with one attached hydrogen (secondary N) is 1. The molecule has 0 aliphatic heterocycles. The van der Waals surface area contributed by atoms with Crippen LogP contribution in [0.25, 0.3) is 0 Å². The number of esters is 1. The molecular formula is C69H135NO5. The Morgan fingerprint density at radius 2 is 0.627 bits per heavy atom. The van der Waals surface area contributed by atoms with Crippen molar-refractivity contribution in [2.75, 3.05) is 13.2 Å². The number of aliphatic hydroxyl groups excluding tert-OH is 2. The lowest BCUT2D eigenvalue weighted by Gasteiger charge is -2.22. The van der Waals surface area contributed by atoms with Gasteiger partial charge < -0.3 is 20.3 Å². The van der Waals surface area contributed by atoms with Gasteiger partial charge in [0.2, 0.25) is 5.91 Å². The first-order valence-corrected chi connectivity index (χ1v) is 34.4. The van der Waals surface area contributed by atoms with E-state index in [-0.39, 0.29) is 18.5 Å². The van der Waals surface area contributed by atoms with E-state index in [9.17, 15) is 19.8 Å². The summed E-state index contributed by atoms with van der Waals surface area (Å²) in [4.78, 5) is 24.6. The Bertz CT molecular complexity index is 1130. The highest BCUT2D eigenvalue weighted by atomic mass is 16.5. The third-order valence-electron chi connectivity index (χ3n) is 16.3. The molecule has 0 saturated heterocycles. The largest absolute Gasteiger partial charge is 0.466 e. The molecule has 0 saturated carbocycles. The molecule has 1 amide bonds. The topological polar surface area (TPSA) is 95.9 Å². The zero-order valence-electron chi connectivity index (χ0n) is 51.1. The second kappa shape index (κ2) is 65.1. The van der Waals surface area contributed by atoms with Gasteiger partial charge in [-0.05, 0) is 51.4 Å². The van der Waals surface area contributed by atoms with Crippen LogP contribution >= 0.6 is 0 Å². The smallest absolute Gasteiger partial charge is 0.305 e. The monoisotopic (exact) mass is 1060 g/mol. The van der Waals surface area contributed by atoms with Gasteiger partial charge >= 0.3 is 5.97 Å². The van der Waals surface area contributed by atoms with Crippen LogP contribution in [0.2, 0.25) is 0 Å². The zero-order valence-corrected chi connectivity index (χ0v) is 51.1. The Hall–Kier alpha value is -1.40. The summed E-state index contributed by atoms with van der Waals surface area (Å²) in [7, 11) is 0. The molecule has 0 aromatic rings. The molecule has 0 fully saturated rings. The summed E-state index contributed by atoms with van der Waals surface area (Å²) in [6.45, 7) is 4.98. The third-order valence-corrected chi connectivity index (χ3v) is 16.3. The number of carbonyl (C=O) groups is 2. The molecule has 0 aliphatic carbocycles. The Morgan fingerprint density at radius 1 is 0.360 bits per heavy atom. The van der Waals surface area contributed by atoms with Crippen molar-refractivity contribution in [1.29, 1.82) is 0 Å². The average Bonchev–Trinajstić information content (AvgIpc) is 3.41. The van der Waals surface area contributed by atoms with Crippen molar-refractivity contribution in [2.45, 2.75) is 405 Å². The zero-order chi connectivity index (χ0) is 54.3. The molecule has 0 aliphatic rings. The van der Waals surface area contributed by atoms with Gasteiger partial charge in [0.15, 0.2) is 0 Å². The minimum atomic E-state index is -0.661. The Kier molecular flexibility index (Phi) is 63.9. The Morgan fingerprint density at radius 3 is 0.947 bits per heavy atom. The van der Waals surface area contributed by atoms with E-state index < -0.39 is 12.1 Å². The normalized spacial score (nSPS) is 12.5. The summed E-state index contributed by atoms with van der Waals surface area (Å²) in [5.41, 5.74) is 0. The number of unbranched alkanes of at least 4 members (excludes halogenated alkanes) is 52. The van der Waals surface area contributed by atoms with Crippen molar-refractivity contribution in [3.8, 4) is 0 Å². The molecule has 6 heteroatoms. The summed E-state index contributed by atoms with van der Waals surface area (Å²) in [5, 5.41) is 23.3. The van der Waals surface area contributed by atoms with Crippen LogP contribution in [-0.4, -0.2) is 47.4 Å². The fourth-order valence-electron chi connectivity index (χ4n) is 11.1. The van der Waals surface area contributed by atoms with Crippen LogP contribution in [0.1, 0.15) is 393 Å². The third kappa shape index (κ3) is 61.7. The molecule has 0 heterocycles. The summed E-state index contributed by atoms with van der Waals surface area (Å²) in [6, 6.07) is -0.538. The van der Waals surface area contributed by atoms with E-state index in [2.05, 4.69) is 31.3 Å². The first kappa shape index (κ1) is 73.6. The Labute approximate surface area is 469 Å². The first-order chi connectivity index (χ1) is 37.0. The molecule has 75 heavy (non-hydrogen) atoms. The molecule has 0 aromatic heterocycles. The number of carbonyl (C=O) groups excluding carboxylic acids is 2. The maximum atomic E-state index is 12.5. The van der Waals surface area contributed by atoms with E-state index >= 15 is 0 Å². The molecule has 0 radical (unpaired) electrons. The fourth-order valence-corrected chi connectivity index (χ4v) is 11.1. The number of hydrogen-bond acceptors (Lipinski definition) is 5. The van der Waals surface area contributed by atoms with Crippen molar-refractivity contribution < 1.29 is 24.5 Å². The Balaban J connectivity index is 3.32. The minimum absolute atomic E-state index is 0.0123. The van der Waals surface area contributed by atoms with Crippen molar-refractivity contribution in [3.63, 3.8) is 0 Å². The van der Waals surface area contributed by atoms with E-state index in [0.29, 0.717) is 25.9 Å². The van der Waals surface area contributed by atoms with Crippen molar-refractivity contribution >= 4 is 11.9 Å². The van der Waals surface area contributed by atoms with E-state index in [1.54, 1.807) is 0 Å². The van der Waals surface area contributed by atoms with Crippen molar-refractivity contribution in [2.24, 2.45) is 0 Å². The second-order valence-corrected chi connectivity index (χ2v) is 23.9. The minimum Gasteiger partial charge on any atom is -0.466 e. The average molecular weight is 1060 g/mol. The molecule has 0 bridgehead atoms. The fraction of sp³-hybridized carbons (Fsp3) is 0.942. The van der Waals surface area contributed by atoms with E-state index in [1.807, 2.05) is 0 Å². The first-order valence-electron chi connectivity index (χ1n) is 34.4. The van der Waals surface area contributed by atoms with Crippen LogP contribution < -0.4 is 5.32 Å². The molecule has 0 rings (SSSR count). The lowest BCUT2D eigenvalue weighted by Crippen LogP contribution is -2.45. The van der Waals surface area contributed by atoms with Crippen LogP contribution in [0.3, 0.4) is 0 Å². The van der Waals surface area contributed by atoms with Crippen LogP contribution in [0.5, 0.6) is 0 Å². The van der Waals surface area contributed by atoms with Crippen molar-refractivity contribution in [1.82, 2.24) is 5.32 Å². The molecule has 0 aromatic carbocycles. The molecule has 446 valence electrons. The van der Waals surface area contributed by atoms with Crippen LogP contribution in [0.4, 0.5) is 0 Å². The number of rotatable bonds is 65. The molecule has 6 nitrogen and oxygen atoms in total. The van der Waals surface area contributed by atoms with E-state index in [1.165, 1.54) is 315 Å². The molecular weight excluding hydrogens is 923 g/mol. The molecule has 0 spiro atoms. The second-order valence-electron chi connectivity index (χ2n) is 23.9. The van der Waals surface area contributed by atoms with Gasteiger partial charge in [0, 0.05) is 12.8 Å². The van der Waals surface area contributed by atoms with Gasteiger partial charge in [0.1, 0.15) is 0 Å². The quantitative estimate of drug-likeness (QED) is 0.0320. The van der Waals surface area contributed by atoms with Gasteiger partial charge in [0.25, 0.3) is 0 Å². The van der Waals surface area contributed by atoms with Gasteiger partial charge in [0.05, 0.1) is 25.4 Å². The predicted octanol–water partition coefficient (Wildman–Crippen LogP) is 22.0. The number of amides is 1. The highest BCUT2D eigenvalue weighted by Gasteiger charge is 2.20. The van der Waals surface area contributed by atoms with E-state index in [0.717, 1.165) is 44.9 Å². The molecule has 3 N–H and O–H groups in total. The van der Waals surface area contributed by atoms with Crippen LogP contribution in [0.15, 0.2) is 12.2 Å². The van der Waals surface area contributed by atoms with Gasteiger partial charge in [-0.15, -0.1) is 0 Å². The number of ether oxygens (including phenoxy) is 1. The lowest BCUT2D eigenvalue weighted by atomic mass is 10.0. The summed E-state index contributed by atoms with van der Waals surface area (Å²) in [5.74, 6) is -0.0168. The maximum Gasteiger partial charge on any atom is 0.305 e. The standard InChI is InChI=1S/C69H135NO5/c1-3-5-7-9-11-13-15-17-19-35-39-43-47-51-55-59-63-69(74)75-64-60-56-52-48-44-40-36-33-31-29-27-25-23-21-20-22-24-26-28-30-32-34-38-42-46-50-54-58-62-68(73)70-66(65-71)67(72)61-57-53-49-45-41-37-18-16-14-12-10-8-6-4-2/h19,35,66-67,71-72H,3-18,20-34,36-65H2,1-2H3,(H,70,73)/b35-19-. The van der Waals surface area contributed by atoms with Crippen LogP contribution in [-0.2, 0) is 14.3 Å². The van der Waals surface area contributed by atoms with Crippen LogP contribution in [0, 0.1) is 0 Å². The molecule has 2 unspecified atom stereocenters. The maximum absolute atomic E-state index is 12.5. The SMILES string of the molecule is CCCCCCCCC/C=C\CCCCCCCC(=O)OCCCCCCCCCCCCCCCCCCCCCCCCCCCCCCC(=O)NC(CO)C(O)CCCCCCCCCCCCCCCC. The predicted molar refractivity (Wildman–Crippen MR) is 329 cm³/mol. The highest BCUT2D eigenvalue weighted by Crippen LogP contribution is 2.19. The lowest BCUT2D eigenvalue weighted by molar-refractivity contribution is -0.143. The van der Waals surface area contributed by atoms with Gasteiger partial charge in [-0.3, -0.25) is 9.59 Å². The van der Waals surface area contributed by atoms with Crippen molar-refractivity contribution in [3.05, 3.63) is 12.2 Å². The highest BCUT2D eigenvalue weighted by molar-refractivity contribution is 5.76. The summed E-state index contributed by atoms with van der Waals surface area (Å²) in [6.07, 6.45) is 79.7.